The van der Waals surface area contributed by atoms with Crippen molar-refractivity contribution in [3.63, 3.8) is 0 Å². The molecule has 2 aromatic rings. The number of fused-ring (bicyclic) bond motifs is 1. The second-order valence-electron chi connectivity index (χ2n) is 3.73. The molecular formula is C12H14N2O3. The minimum Gasteiger partial charge on any atom is -0.364 e. The molecule has 2 aromatic heterocycles. The molecule has 5 nitrogen and oxygen atoms in total. The number of hydrogen-bond donors (Lipinski definition) is 2. The lowest BCUT2D eigenvalue weighted by Gasteiger charge is -2.10. The van der Waals surface area contributed by atoms with Crippen LogP contribution in [0.15, 0.2) is 23.1 Å². The van der Waals surface area contributed by atoms with Gasteiger partial charge in [-0.25, -0.2) is 4.98 Å². The largest absolute Gasteiger partial charge is 0.364 e. The number of ether oxygens (including phenoxy) is 1. The highest BCUT2D eigenvalue weighted by molar-refractivity contribution is 5.75. The van der Waals surface area contributed by atoms with Gasteiger partial charge in [0.05, 0.1) is 10.9 Å². The minimum absolute atomic E-state index is 0.199. The van der Waals surface area contributed by atoms with Crippen molar-refractivity contribution in [2.45, 2.75) is 20.1 Å². The molecule has 0 aliphatic rings. The van der Waals surface area contributed by atoms with Gasteiger partial charge < -0.3 is 14.8 Å². The number of rotatable bonds is 3. The summed E-state index contributed by atoms with van der Waals surface area (Å²) in [7, 11) is 0. The molecule has 0 aliphatic carbocycles. The summed E-state index contributed by atoms with van der Waals surface area (Å²) in [6.45, 7) is 3.94. The van der Waals surface area contributed by atoms with Crippen molar-refractivity contribution in [3.05, 3.63) is 39.8 Å². The molecule has 0 radical (unpaired) electrons. The standard InChI is InChI=1S/C12H14N2O3/c1-3-17-12(16)9-6-13-11-8(10(9)15)5-4-7(2)14-11/h4-6,12,16H,3H2,1-2H3,(H,13,14,15). The fourth-order valence-corrected chi connectivity index (χ4v) is 1.65. The van der Waals surface area contributed by atoms with E-state index in [-0.39, 0.29) is 11.0 Å². The lowest BCUT2D eigenvalue weighted by molar-refractivity contribution is -0.0986. The Morgan fingerprint density at radius 1 is 1.53 bits per heavy atom. The molecular weight excluding hydrogens is 220 g/mol. The Hall–Kier alpha value is -1.72. The van der Waals surface area contributed by atoms with Crippen LogP contribution in [-0.2, 0) is 4.74 Å². The van der Waals surface area contributed by atoms with Crippen LogP contribution in [0.2, 0.25) is 0 Å². The van der Waals surface area contributed by atoms with E-state index >= 15 is 0 Å². The van der Waals surface area contributed by atoms with Gasteiger partial charge in [0.25, 0.3) is 0 Å². The number of aryl methyl sites for hydroxylation is 1. The van der Waals surface area contributed by atoms with Crippen LogP contribution in [0.25, 0.3) is 11.0 Å². The molecule has 1 atom stereocenters. The molecule has 2 N–H and O–H groups in total. The molecule has 0 spiro atoms. The van der Waals surface area contributed by atoms with E-state index < -0.39 is 6.29 Å². The second-order valence-corrected chi connectivity index (χ2v) is 3.73. The Morgan fingerprint density at radius 3 is 3.00 bits per heavy atom. The quantitative estimate of drug-likeness (QED) is 0.784. The van der Waals surface area contributed by atoms with Crippen LogP contribution in [0.4, 0.5) is 0 Å². The summed E-state index contributed by atoms with van der Waals surface area (Å²) in [6.07, 6.45) is 0.242. The van der Waals surface area contributed by atoms with E-state index in [0.717, 1.165) is 5.69 Å². The molecule has 2 heterocycles. The number of aliphatic hydroxyl groups excluding tert-OH is 1. The van der Waals surface area contributed by atoms with Crippen LogP contribution in [0.5, 0.6) is 0 Å². The van der Waals surface area contributed by atoms with Gasteiger partial charge in [-0.2, -0.15) is 0 Å². The van der Waals surface area contributed by atoms with E-state index in [4.69, 9.17) is 4.74 Å². The SMILES string of the molecule is CCOC(O)c1c[nH]c2nc(C)ccc2c1=O. The van der Waals surface area contributed by atoms with E-state index in [0.29, 0.717) is 17.6 Å². The lowest BCUT2D eigenvalue weighted by atomic mass is 10.2. The van der Waals surface area contributed by atoms with Gasteiger partial charge in [0, 0.05) is 18.5 Å². The van der Waals surface area contributed by atoms with Crippen LogP contribution < -0.4 is 5.43 Å². The van der Waals surface area contributed by atoms with Crippen molar-refractivity contribution < 1.29 is 9.84 Å². The van der Waals surface area contributed by atoms with Crippen molar-refractivity contribution in [1.29, 1.82) is 0 Å². The molecule has 17 heavy (non-hydrogen) atoms. The first-order valence-electron chi connectivity index (χ1n) is 5.42. The molecule has 5 heteroatoms. The fraction of sp³-hybridized carbons (Fsp3) is 0.333. The topological polar surface area (TPSA) is 75.2 Å². The molecule has 0 saturated carbocycles. The van der Waals surface area contributed by atoms with Gasteiger partial charge >= 0.3 is 0 Å². The van der Waals surface area contributed by atoms with Crippen LogP contribution in [0.1, 0.15) is 24.5 Å². The second kappa shape index (κ2) is 4.65. The van der Waals surface area contributed by atoms with Crippen molar-refractivity contribution in [2.24, 2.45) is 0 Å². The number of pyridine rings is 2. The molecule has 0 fully saturated rings. The normalized spacial score (nSPS) is 12.9. The summed E-state index contributed by atoms with van der Waals surface area (Å²) in [6, 6.07) is 3.45. The van der Waals surface area contributed by atoms with E-state index in [9.17, 15) is 9.90 Å². The Balaban J connectivity index is 2.58. The van der Waals surface area contributed by atoms with Gasteiger partial charge in [-0.05, 0) is 26.0 Å². The zero-order chi connectivity index (χ0) is 12.4. The Labute approximate surface area is 98.1 Å². The number of aromatic nitrogens is 2. The summed E-state index contributed by atoms with van der Waals surface area (Å²) in [5.41, 5.74) is 1.28. The maximum atomic E-state index is 12.1. The maximum Gasteiger partial charge on any atom is 0.199 e. The molecule has 0 aliphatic heterocycles. The van der Waals surface area contributed by atoms with Crippen molar-refractivity contribution in [2.75, 3.05) is 6.61 Å². The third kappa shape index (κ3) is 2.20. The first-order valence-corrected chi connectivity index (χ1v) is 5.42. The monoisotopic (exact) mass is 234 g/mol. The Kier molecular flexibility index (Phi) is 3.21. The molecule has 0 bridgehead atoms. The van der Waals surface area contributed by atoms with Crippen LogP contribution >= 0.6 is 0 Å². The summed E-state index contributed by atoms with van der Waals surface area (Å²) < 4.78 is 5.00. The van der Waals surface area contributed by atoms with E-state index in [2.05, 4.69) is 9.97 Å². The van der Waals surface area contributed by atoms with E-state index in [1.807, 2.05) is 6.92 Å². The van der Waals surface area contributed by atoms with E-state index in [1.165, 1.54) is 6.20 Å². The number of aliphatic hydroxyl groups is 1. The highest BCUT2D eigenvalue weighted by Gasteiger charge is 2.14. The molecule has 0 amide bonds. The van der Waals surface area contributed by atoms with Crippen LogP contribution in [-0.4, -0.2) is 21.7 Å². The number of aromatic amines is 1. The average Bonchev–Trinajstić information content (AvgIpc) is 2.29. The summed E-state index contributed by atoms with van der Waals surface area (Å²) >= 11 is 0. The highest BCUT2D eigenvalue weighted by Crippen LogP contribution is 2.12. The molecule has 1 unspecified atom stereocenters. The maximum absolute atomic E-state index is 12.1. The third-order valence-electron chi connectivity index (χ3n) is 2.50. The first kappa shape index (κ1) is 11.8. The van der Waals surface area contributed by atoms with Crippen LogP contribution in [0.3, 0.4) is 0 Å². The predicted molar refractivity (Wildman–Crippen MR) is 63.7 cm³/mol. The number of nitrogens with zero attached hydrogens (tertiary/aromatic N) is 1. The zero-order valence-electron chi connectivity index (χ0n) is 9.73. The Morgan fingerprint density at radius 2 is 2.29 bits per heavy atom. The minimum atomic E-state index is -1.20. The summed E-state index contributed by atoms with van der Waals surface area (Å²) in [5.74, 6) is 0. The van der Waals surface area contributed by atoms with Crippen LogP contribution in [0, 0.1) is 6.92 Å². The highest BCUT2D eigenvalue weighted by atomic mass is 16.6. The summed E-state index contributed by atoms with van der Waals surface area (Å²) in [4.78, 5) is 19.2. The van der Waals surface area contributed by atoms with Crippen molar-refractivity contribution in [3.8, 4) is 0 Å². The van der Waals surface area contributed by atoms with E-state index in [1.54, 1.807) is 19.1 Å². The lowest BCUT2D eigenvalue weighted by Crippen LogP contribution is -2.17. The molecule has 2 rings (SSSR count). The Bertz CT molecular complexity index is 592. The number of nitrogens with one attached hydrogen (secondary N) is 1. The first-order chi connectivity index (χ1) is 8.13. The molecule has 90 valence electrons. The van der Waals surface area contributed by atoms with Crippen molar-refractivity contribution in [1.82, 2.24) is 9.97 Å². The zero-order valence-corrected chi connectivity index (χ0v) is 9.73. The van der Waals surface area contributed by atoms with Gasteiger partial charge in [-0.15, -0.1) is 0 Å². The van der Waals surface area contributed by atoms with Gasteiger partial charge in [-0.3, -0.25) is 4.79 Å². The number of hydrogen-bond acceptors (Lipinski definition) is 4. The average molecular weight is 234 g/mol. The van der Waals surface area contributed by atoms with Gasteiger partial charge in [-0.1, -0.05) is 0 Å². The molecule has 0 aromatic carbocycles. The molecule has 0 saturated heterocycles. The smallest absolute Gasteiger partial charge is 0.199 e. The van der Waals surface area contributed by atoms with Gasteiger partial charge in [0.15, 0.2) is 11.7 Å². The van der Waals surface area contributed by atoms with Gasteiger partial charge in [0.1, 0.15) is 5.65 Å². The predicted octanol–water partition coefficient (Wildman–Crippen LogP) is 1.26. The van der Waals surface area contributed by atoms with Gasteiger partial charge in [0.2, 0.25) is 0 Å². The van der Waals surface area contributed by atoms with Crippen molar-refractivity contribution >= 4 is 11.0 Å². The third-order valence-corrected chi connectivity index (χ3v) is 2.50. The summed E-state index contributed by atoms with van der Waals surface area (Å²) in [5, 5.41) is 10.1. The number of H-pyrrole nitrogens is 1. The fourth-order valence-electron chi connectivity index (χ4n) is 1.65.